The van der Waals surface area contributed by atoms with Crippen molar-refractivity contribution in [3.63, 3.8) is 0 Å². The van der Waals surface area contributed by atoms with E-state index in [9.17, 15) is 4.79 Å². The molecule has 5 rings (SSSR count). The first-order chi connectivity index (χ1) is 15.0. The lowest BCUT2D eigenvalue weighted by Crippen LogP contribution is -2.31. The molecule has 0 amide bonds. The molecule has 0 atom stereocenters. The van der Waals surface area contributed by atoms with E-state index in [1.54, 1.807) is 36.7 Å². The molecule has 0 aliphatic carbocycles. The van der Waals surface area contributed by atoms with Crippen LogP contribution in [0.2, 0.25) is 10.0 Å². The third-order valence-corrected chi connectivity index (χ3v) is 6.12. The summed E-state index contributed by atoms with van der Waals surface area (Å²) in [7, 11) is 0. The molecule has 2 aromatic carbocycles. The number of carbonyl (C=O) groups excluding carboxylic acids is 1. The van der Waals surface area contributed by atoms with Gasteiger partial charge in [-0.2, -0.15) is 0 Å². The van der Waals surface area contributed by atoms with Crippen molar-refractivity contribution in [3.8, 4) is 11.5 Å². The fourth-order valence-electron chi connectivity index (χ4n) is 3.88. The average molecular weight is 453 g/mol. The van der Waals surface area contributed by atoms with E-state index in [4.69, 9.17) is 32.7 Å². The first-order valence-electron chi connectivity index (χ1n) is 9.79. The molecule has 3 aromatic rings. The van der Waals surface area contributed by atoms with Gasteiger partial charge < -0.3 is 9.47 Å². The zero-order valence-electron chi connectivity index (χ0n) is 16.7. The predicted molar refractivity (Wildman–Crippen MR) is 120 cm³/mol. The second-order valence-corrected chi connectivity index (χ2v) is 8.42. The van der Waals surface area contributed by atoms with E-state index < -0.39 is 0 Å². The maximum Gasteiger partial charge on any atom is 0.232 e. The van der Waals surface area contributed by atoms with Crippen molar-refractivity contribution in [1.29, 1.82) is 0 Å². The first kappa shape index (κ1) is 20.1. The molecule has 0 saturated heterocycles. The molecule has 0 bridgehead atoms. The number of aromatic nitrogens is 1. The SMILES string of the molecule is Cc1cc2c(c3c1C(=O)/C(=C/c1ccc(Cl)c(Cl)c1)O3)CN(Cc1ccncc1)CO2. The van der Waals surface area contributed by atoms with Crippen molar-refractivity contribution in [1.82, 2.24) is 9.88 Å². The highest BCUT2D eigenvalue weighted by molar-refractivity contribution is 6.42. The number of benzene rings is 2. The highest BCUT2D eigenvalue weighted by Crippen LogP contribution is 2.44. The zero-order chi connectivity index (χ0) is 21.5. The van der Waals surface area contributed by atoms with Crippen molar-refractivity contribution in [2.24, 2.45) is 0 Å². The quantitative estimate of drug-likeness (QED) is 0.479. The molecule has 156 valence electrons. The van der Waals surface area contributed by atoms with Crippen molar-refractivity contribution in [2.75, 3.05) is 6.73 Å². The Balaban J connectivity index is 1.47. The number of nitrogens with zero attached hydrogens (tertiary/aromatic N) is 2. The summed E-state index contributed by atoms with van der Waals surface area (Å²) in [6.07, 6.45) is 5.24. The second-order valence-electron chi connectivity index (χ2n) is 7.60. The van der Waals surface area contributed by atoms with Gasteiger partial charge in [-0.1, -0.05) is 29.3 Å². The maximum absolute atomic E-state index is 13.1. The van der Waals surface area contributed by atoms with E-state index in [0.29, 0.717) is 41.2 Å². The summed E-state index contributed by atoms with van der Waals surface area (Å²) >= 11 is 12.1. The van der Waals surface area contributed by atoms with Crippen molar-refractivity contribution in [3.05, 3.63) is 92.4 Å². The summed E-state index contributed by atoms with van der Waals surface area (Å²) in [4.78, 5) is 19.3. The number of carbonyl (C=O) groups is 1. The van der Waals surface area contributed by atoms with Crippen LogP contribution in [0.4, 0.5) is 0 Å². The van der Waals surface area contributed by atoms with Gasteiger partial charge in [0.05, 0.1) is 21.2 Å². The van der Waals surface area contributed by atoms with Gasteiger partial charge in [0.25, 0.3) is 0 Å². The summed E-state index contributed by atoms with van der Waals surface area (Å²) in [5, 5.41) is 0.884. The van der Waals surface area contributed by atoms with Crippen LogP contribution in [-0.2, 0) is 13.1 Å². The number of pyridine rings is 1. The summed E-state index contributed by atoms with van der Waals surface area (Å²) in [5.41, 5.74) is 4.18. The fraction of sp³-hybridized carbons (Fsp3) is 0.167. The number of aryl methyl sites for hydroxylation is 1. The molecule has 0 unspecified atom stereocenters. The molecule has 0 fully saturated rings. The van der Waals surface area contributed by atoms with Crippen LogP contribution in [0.15, 0.2) is 54.6 Å². The van der Waals surface area contributed by atoms with Crippen molar-refractivity contribution >= 4 is 35.1 Å². The number of halogens is 2. The summed E-state index contributed by atoms with van der Waals surface area (Å²) in [6, 6.07) is 11.1. The van der Waals surface area contributed by atoms with Gasteiger partial charge in [0.15, 0.2) is 5.76 Å². The zero-order valence-corrected chi connectivity index (χ0v) is 18.2. The van der Waals surface area contributed by atoms with Gasteiger partial charge in [0.1, 0.15) is 18.2 Å². The van der Waals surface area contributed by atoms with Crippen molar-refractivity contribution < 1.29 is 14.3 Å². The molecule has 3 heterocycles. The topological polar surface area (TPSA) is 51.7 Å². The van der Waals surface area contributed by atoms with Crippen LogP contribution < -0.4 is 9.47 Å². The molecule has 1 aromatic heterocycles. The summed E-state index contributed by atoms with van der Waals surface area (Å²) < 4.78 is 12.1. The lowest BCUT2D eigenvalue weighted by Gasteiger charge is -2.30. The Labute approximate surface area is 189 Å². The number of hydrogen-bond donors (Lipinski definition) is 0. The molecule has 0 radical (unpaired) electrons. The van der Waals surface area contributed by atoms with Gasteiger partial charge in [-0.05, 0) is 60.0 Å². The van der Waals surface area contributed by atoms with Crippen LogP contribution in [0.5, 0.6) is 11.5 Å². The second kappa shape index (κ2) is 8.00. The molecular weight excluding hydrogens is 435 g/mol. The maximum atomic E-state index is 13.1. The van der Waals surface area contributed by atoms with Crippen LogP contribution in [0.25, 0.3) is 6.08 Å². The van der Waals surface area contributed by atoms with Crippen LogP contribution in [0.3, 0.4) is 0 Å². The van der Waals surface area contributed by atoms with E-state index >= 15 is 0 Å². The average Bonchev–Trinajstić information content (AvgIpc) is 3.09. The largest absolute Gasteiger partial charge is 0.478 e. The normalized spacial score (nSPS) is 16.6. The van der Waals surface area contributed by atoms with E-state index in [-0.39, 0.29) is 11.5 Å². The Bertz CT molecular complexity index is 1230. The number of Topliss-reactive ketones (excluding diaryl/α,β-unsaturated/α-hetero) is 1. The van der Waals surface area contributed by atoms with Crippen LogP contribution in [0, 0.1) is 6.92 Å². The first-order valence-corrected chi connectivity index (χ1v) is 10.5. The van der Waals surface area contributed by atoms with Gasteiger partial charge in [-0.15, -0.1) is 0 Å². The molecule has 5 nitrogen and oxygen atoms in total. The number of ketones is 1. The van der Waals surface area contributed by atoms with E-state index in [1.807, 2.05) is 25.1 Å². The number of rotatable bonds is 3. The molecular formula is C24H18Cl2N2O3. The lowest BCUT2D eigenvalue weighted by molar-refractivity contribution is 0.0872. The highest BCUT2D eigenvalue weighted by Gasteiger charge is 2.35. The number of ether oxygens (including phenoxy) is 2. The summed E-state index contributed by atoms with van der Waals surface area (Å²) in [5.74, 6) is 1.44. The van der Waals surface area contributed by atoms with Crippen molar-refractivity contribution in [2.45, 2.75) is 20.0 Å². The number of fused-ring (bicyclic) bond motifs is 3. The lowest BCUT2D eigenvalue weighted by atomic mass is 9.98. The predicted octanol–water partition coefficient (Wildman–Crippen LogP) is 5.67. The molecule has 31 heavy (non-hydrogen) atoms. The monoisotopic (exact) mass is 452 g/mol. The van der Waals surface area contributed by atoms with Crippen LogP contribution in [0.1, 0.15) is 32.6 Å². The van der Waals surface area contributed by atoms with E-state index in [1.165, 1.54) is 0 Å². The molecule has 7 heteroatoms. The van der Waals surface area contributed by atoms with Crippen LogP contribution >= 0.6 is 23.2 Å². The Morgan fingerprint density at radius 3 is 2.71 bits per heavy atom. The minimum absolute atomic E-state index is 0.146. The van der Waals surface area contributed by atoms with E-state index in [2.05, 4.69) is 9.88 Å². The highest BCUT2D eigenvalue weighted by atomic mass is 35.5. The number of allylic oxidation sites excluding steroid dienone is 1. The standard InChI is InChI=1S/C24H18Cl2N2O3/c1-14-8-20-17(12-28(13-30-20)11-15-4-6-27-7-5-15)24-22(14)23(29)21(31-24)10-16-2-3-18(25)19(26)9-16/h2-10H,11-13H2,1H3/b21-10-. The molecule has 2 aliphatic rings. The minimum atomic E-state index is -0.146. The van der Waals surface area contributed by atoms with E-state index in [0.717, 1.165) is 28.0 Å². The Hall–Kier alpha value is -2.86. The Kier molecular flexibility index (Phi) is 5.18. The van der Waals surface area contributed by atoms with Gasteiger partial charge in [0, 0.05) is 25.5 Å². The Morgan fingerprint density at radius 2 is 1.94 bits per heavy atom. The summed E-state index contributed by atoms with van der Waals surface area (Å²) in [6.45, 7) is 3.70. The van der Waals surface area contributed by atoms with Gasteiger partial charge >= 0.3 is 0 Å². The molecule has 0 N–H and O–H groups in total. The van der Waals surface area contributed by atoms with Gasteiger partial charge in [-0.25, -0.2) is 0 Å². The number of hydrogen-bond acceptors (Lipinski definition) is 5. The molecule has 0 spiro atoms. The fourth-order valence-corrected chi connectivity index (χ4v) is 4.18. The van der Waals surface area contributed by atoms with Gasteiger partial charge in [0.2, 0.25) is 5.78 Å². The van der Waals surface area contributed by atoms with Gasteiger partial charge in [-0.3, -0.25) is 14.7 Å². The third-order valence-electron chi connectivity index (χ3n) is 5.38. The van der Waals surface area contributed by atoms with Crippen LogP contribution in [-0.4, -0.2) is 22.4 Å². The Morgan fingerprint density at radius 1 is 1.13 bits per heavy atom. The molecule has 2 aliphatic heterocycles. The smallest absolute Gasteiger partial charge is 0.232 e. The molecule has 0 saturated carbocycles. The third kappa shape index (κ3) is 3.81. The minimum Gasteiger partial charge on any atom is -0.478 e.